The quantitative estimate of drug-likeness (QED) is 0.707. The SMILES string of the molecule is F[B-](F)(F)C=C(Br)c1ccccc1.[K+]. The van der Waals surface area contributed by atoms with Crippen LogP contribution in [0.25, 0.3) is 4.48 Å². The molecule has 70 valence electrons. The van der Waals surface area contributed by atoms with E-state index in [1.54, 1.807) is 30.3 Å². The largest absolute Gasteiger partial charge is 1.00 e. The van der Waals surface area contributed by atoms with E-state index in [1.165, 1.54) is 0 Å². The summed E-state index contributed by atoms with van der Waals surface area (Å²) in [5.74, 6) is 0.287. The second-order valence-electron chi connectivity index (χ2n) is 2.51. The molecular formula is C8H6BBrF3K. The van der Waals surface area contributed by atoms with Gasteiger partial charge in [0, 0.05) is 0 Å². The van der Waals surface area contributed by atoms with E-state index in [4.69, 9.17) is 0 Å². The van der Waals surface area contributed by atoms with E-state index in [2.05, 4.69) is 15.9 Å². The van der Waals surface area contributed by atoms with Crippen LogP contribution in [0.3, 0.4) is 0 Å². The number of hydrogen-bond acceptors (Lipinski definition) is 0. The van der Waals surface area contributed by atoms with Gasteiger partial charge in [0.25, 0.3) is 0 Å². The molecule has 0 fully saturated rings. The Labute approximate surface area is 132 Å². The Hall–Kier alpha value is 0.931. The molecule has 0 spiro atoms. The summed E-state index contributed by atoms with van der Waals surface area (Å²) in [5, 5.41) is 0. The van der Waals surface area contributed by atoms with Gasteiger partial charge in [0.15, 0.2) is 0 Å². The first-order valence-electron chi connectivity index (χ1n) is 3.63. The maximum Gasteiger partial charge on any atom is 1.00 e. The maximum absolute atomic E-state index is 11.9. The molecule has 6 heteroatoms. The summed E-state index contributed by atoms with van der Waals surface area (Å²) in [6.45, 7) is -4.88. The van der Waals surface area contributed by atoms with E-state index >= 15 is 0 Å². The average Bonchev–Trinajstić information content (AvgIpc) is 2.03. The number of benzene rings is 1. The summed E-state index contributed by atoms with van der Waals surface area (Å²) in [5.41, 5.74) is 0.529. The topological polar surface area (TPSA) is 0 Å². The molecule has 1 aromatic rings. The van der Waals surface area contributed by atoms with Crippen molar-refractivity contribution in [3.05, 3.63) is 41.9 Å². The first kappa shape index (κ1) is 14.9. The van der Waals surface area contributed by atoms with E-state index in [0.717, 1.165) is 0 Å². The second-order valence-corrected chi connectivity index (χ2v) is 3.36. The van der Waals surface area contributed by atoms with Crippen molar-refractivity contribution in [1.82, 2.24) is 0 Å². The molecule has 0 saturated carbocycles. The van der Waals surface area contributed by atoms with Crippen LogP contribution >= 0.6 is 15.9 Å². The van der Waals surface area contributed by atoms with Crippen molar-refractivity contribution in [3.8, 4) is 0 Å². The molecule has 0 heterocycles. The molecule has 0 amide bonds. The number of halogens is 4. The van der Waals surface area contributed by atoms with E-state index in [9.17, 15) is 12.9 Å². The van der Waals surface area contributed by atoms with Gasteiger partial charge in [-0.1, -0.05) is 46.3 Å². The molecule has 0 atom stereocenters. The van der Waals surface area contributed by atoms with Gasteiger partial charge >= 0.3 is 58.4 Å². The van der Waals surface area contributed by atoms with E-state index in [1.807, 2.05) is 0 Å². The van der Waals surface area contributed by atoms with Gasteiger partial charge in [0.1, 0.15) is 0 Å². The van der Waals surface area contributed by atoms with E-state index < -0.39 is 6.98 Å². The average molecular weight is 289 g/mol. The molecule has 0 radical (unpaired) electrons. The van der Waals surface area contributed by atoms with Crippen LogP contribution in [-0.4, -0.2) is 6.98 Å². The molecule has 0 aromatic heterocycles. The van der Waals surface area contributed by atoms with Crippen LogP contribution in [0.15, 0.2) is 36.3 Å². The Morgan fingerprint density at radius 1 is 1.14 bits per heavy atom. The molecule has 0 nitrogen and oxygen atoms in total. The van der Waals surface area contributed by atoms with Crippen LogP contribution in [0.4, 0.5) is 12.9 Å². The summed E-state index contributed by atoms with van der Waals surface area (Å²) in [7, 11) is 0. The maximum atomic E-state index is 11.9. The van der Waals surface area contributed by atoms with Crippen LogP contribution in [0.5, 0.6) is 0 Å². The van der Waals surface area contributed by atoms with Crippen molar-refractivity contribution in [3.63, 3.8) is 0 Å². The molecule has 0 aliphatic rings. The normalized spacial score (nSPS) is 12.1. The van der Waals surface area contributed by atoms with Gasteiger partial charge < -0.3 is 12.9 Å². The van der Waals surface area contributed by atoms with E-state index in [0.29, 0.717) is 5.56 Å². The summed E-state index contributed by atoms with van der Waals surface area (Å²) >= 11 is 2.88. The van der Waals surface area contributed by atoms with Gasteiger partial charge in [-0.05, 0) is 10.0 Å². The van der Waals surface area contributed by atoms with Crippen LogP contribution in [0.2, 0.25) is 0 Å². The first-order chi connectivity index (χ1) is 5.99. The summed E-state index contributed by atoms with van der Waals surface area (Å²) in [4.78, 5) is 0. The molecule has 1 aromatic carbocycles. The minimum atomic E-state index is -4.88. The minimum Gasteiger partial charge on any atom is -0.445 e. The van der Waals surface area contributed by atoms with Crippen LogP contribution in [-0.2, 0) is 0 Å². The molecule has 0 aliphatic heterocycles. The Balaban J connectivity index is 0.00000169. The van der Waals surface area contributed by atoms with Gasteiger partial charge in [-0.3, -0.25) is 0 Å². The van der Waals surface area contributed by atoms with Crippen molar-refractivity contribution in [2.75, 3.05) is 0 Å². The Bertz CT molecular complexity index is 310. The Kier molecular flexibility index (Phi) is 6.93. The van der Waals surface area contributed by atoms with Crippen molar-refractivity contribution < 1.29 is 64.3 Å². The van der Waals surface area contributed by atoms with Gasteiger partial charge in [0.2, 0.25) is 0 Å². The van der Waals surface area contributed by atoms with Crippen molar-refractivity contribution >= 4 is 27.4 Å². The Morgan fingerprint density at radius 2 is 1.64 bits per heavy atom. The molecule has 0 bridgehead atoms. The summed E-state index contributed by atoms with van der Waals surface area (Å²) in [6.07, 6.45) is 0. The van der Waals surface area contributed by atoms with Crippen LogP contribution < -0.4 is 51.4 Å². The van der Waals surface area contributed by atoms with Crippen LogP contribution in [0.1, 0.15) is 5.56 Å². The van der Waals surface area contributed by atoms with Crippen molar-refractivity contribution in [2.24, 2.45) is 0 Å². The fourth-order valence-corrected chi connectivity index (χ4v) is 1.42. The standard InChI is InChI=1S/C8H6BBrF3.K/c10-8(6-9(11,12)13)7-4-2-1-3-5-7;/h1-6H;/q-1;+1. The smallest absolute Gasteiger partial charge is 0.445 e. The molecule has 0 aliphatic carbocycles. The monoisotopic (exact) mass is 288 g/mol. The van der Waals surface area contributed by atoms with Crippen molar-refractivity contribution in [1.29, 1.82) is 0 Å². The predicted molar refractivity (Wildman–Crippen MR) is 52.4 cm³/mol. The van der Waals surface area contributed by atoms with Crippen molar-refractivity contribution in [2.45, 2.75) is 0 Å². The molecule has 14 heavy (non-hydrogen) atoms. The molecular weight excluding hydrogens is 283 g/mol. The number of hydrogen-bond donors (Lipinski definition) is 0. The fourth-order valence-electron chi connectivity index (χ4n) is 0.860. The van der Waals surface area contributed by atoms with Gasteiger partial charge in [-0.2, -0.15) is 0 Å². The zero-order valence-electron chi connectivity index (χ0n) is 7.55. The molecule has 1 rings (SSSR count). The fraction of sp³-hybridized carbons (Fsp3) is 0. The zero-order valence-corrected chi connectivity index (χ0v) is 12.3. The van der Waals surface area contributed by atoms with Gasteiger partial charge in [0.05, 0.1) is 0 Å². The number of rotatable bonds is 2. The third-order valence-corrected chi connectivity index (χ3v) is 2.11. The molecule has 0 N–H and O–H groups in total. The predicted octanol–water partition coefficient (Wildman–Crippen LogP) is 0.813. The van der Waals surface area contributed by atoms with Gasteiger partial charge in [-0.15, -0.1) is 5.98 Å². The Morgan fingerprint density at radius 3 is 2.07 bits per heavy atom. The summed E-state index contributed by atoms with van der Waals surface area (Å²) < 4.78 is 35.9. The minimum absolute atomic E-state index is 0. The van der Waals surface area contributed by atoms with Crippen LogP contribution in [0, 0.1) is 0 Å². The molecule has 0 saturated heterocycles. The summed E-state index contributed by atoms with van der Waals surface area (Å²) in [6, 6.07) is 8.36. The third-order valence-electron chi connectivity index (χ3n) is 1.38. The first-order valence-corrected chi connectivity index (χ1v) is 4.42. The molecule has 0 unspecified atom stereocenters. The second kappa shape index (κ2) is 6.50. The zero-order chi connectivity index (χ0) is 9.90. The van der Waals surface area contributed by atoms with Gasteiger partial charge in [-0.25, -0.2) is 0 Å². The third kappa shape index (κ3) is 5.73. The van der Waals surface area contributed by atoms with E-state index in [-0.39, 0.29) is 61.8 Å².